The molecule has 0 unspecified atom stereocenters. The van der Waals surface area contributed by atoms with Crippen LogP contribution in [0.4, 0.5) is 0 Å². The molecule has 0 aliphatic carbocycles. The molecule has 0 saturated carbocycles. The van der Waals surface area contributed by atoms with Gasteiger partial charge in [-0.2, -0.15) is 10.2 Å². The van der Waals surface area contributed by atoms with E-state index in [1.807, 2.05) is 18.7 Å². The predicted molar refractivity (Wildman–Crippen MR) is 81.0 cm³/mol. The smallest absolute Gasteiger partial charge is 0.137 e. The highest BCUT2D eigenvalue weighted by Crippen LogP contribution is 2.25. The summed E-state index contributed by atoms with van der Waals surface area (Å²) in [5, 5.41) is 9.38. The van der Waals surface area contributed by atoms with Crippen molar-refractivity contribution in [3.63, 3.8) is 0 Å². The third kappa shape index (κ3) is 3.11. The SMILES string of the molecule is Cc1nn(C)c(Cl)c1CN1CCCC[C@H]1Cn1cncn1. The Balaban J connectivity index is 1.75. The van der Waals surface area contributed by atoms with Gasteiger partial charge in [0.1, 0.15) is 17.8 Å². The molecule has 0 aromatic carbocycles. The van der Waals surface area contributed by atoms with Crippen LogP contribution < -0.4 is 0 Å². The minimum atomic E-state index is 0.483. The highest BCUT2D eigenvalue weighted by Gasteiger charge is 2.25. The van der Waals surface area contributed by atoms with Gasteiger partial charge in [0.05, 0.1) is 12.2 Å². The van der Waals surface area contributed by atoms with Crippen molar-refractivity contribution in [2.75, 3.05) is 6.54 Å². The van der Waals surface area contributed by atoms with Crippen molar-refractivity contribution in [1.29, 1.82) is 0 Å². The highest BCUT2D eigenvalue weighted by atomic mass is 35.5. The molecule has 7 heteroatoms. The molecular weight excluding hydrogens is 288 g/mol. The molecule has 1 aliphatic rings. The standard InChI is InChI=1S/C14H21ClN6/c1-11-13(14(15)19(2)18-11)8-20-6-4-3-5-12(20)7-21-10-16-9-17-21/h9-10,12H,3-8H2,1-2H3/t12-/m0/s1. The quantitative estimate of drug-likeness (QED) is 0.867. The molecule has 6 nitrogen and oxygen atoms in total. The van der Waals surface area contributed by atoms with Crippen LogP contribution in [-0.4, -0.2) is 42.0 Å². The van der Waals surface area contributed by atoms with Gasteiger partial charge in [0.15, 0.2) is 0 Å². The topological polar surface area (TPSA) is 51.8 Å². The second kappa shape index (κ2) is 6.15. The fourth-order valence-electron chi connectivity index (χ4n) is 3.07. The Morgan fingerprint density at radius 1 is 1.38 bits per heavy atom. The molecule has 0 amide bonds. The first kappa shape index (κ1) is 14.5. The lowest BCUT2D eigenvalue weighted by Gasteiger charge is -2.35. The van der Waals surface area contributed by atoms with Crippen molar-refractivity contribution in [2.24, 2.45) is 7.05 Å². The monoisotopic (exact) mass is 308 g/mol. The molecule has 0 spiro atoms. The van der Waals surface area contributed by atoms with E-state index in [9.17, 15) is 0 Å². The minimum Gasteiger partial charge on any atom is -0.294 e. The Bertz CT molecular complexity index is 591. The van der Waals surface area contributed by atoms with Gasteiger partial charge in [-0.3, -0.25) is 14.3 Å². The molecule has 0 N–H and O–H groups in total. The van der Waals surface area contributed by atoms with Crippen LogP contribution in [-0.2, 0) is 20.1 Å². The van der Waals surface area contributed by atoms with Crippen molar-refractivity contribution in [3.8, 4) is 0 Å². The molecule has 0 bridgehead atoms. The van der Waals surface area contributed by atoms with Gasteiger partial charge in [0.2, 0.25) is 0 Å². The van der Waals surface area contributed by atoms with Crippen LogP contribution in [0, 0.1) is 6.92 Å². The summed E-state index contributed by atoms with van der Waals surface area (Å²) in [4.78, 5) is 6.53. The molecule has 3 heterocycles. The van der Waals surface area contributed by atoms with Gasteiger partial charge in [-0.15, -0.1) is 0 Å². The van der Waals surface area contributed by atoms with Crippen LogP contribution in [0.15, 0.2) is 12.7 Å². The number of hydrogen-bond acceptors (Lipinski definition) is 4. The van der Waals surface area contributed by atoms with Crippen LogP contribution in [0.25, 0.3) is 0 Å². The summed E-state index contributed by atoms with van der Waals surface area (Å²) in [7, 11) is 1.89. The van der Waals surface area contributed by atoms with Gasteiger partial charge in [0, 0.05) is 25.2 Å². The zero-order valence-corrected chi connectivity index (χ0v) is 13.3. The lowest BCUT2D eigenvalue weighted by atomic mass is 10.0. The van der Waals surface area contributed by atoms with E-state index in [-0.39, 0.29) is 0 Å². The number of hydrogen-bond donors (Lipinski definition) is 0. The summed E-state index contributed by atoms with van der Waals surface area (Å²) in [6, 6.07) is 0.483. The Morgan fingerprint density at radius 3 is 2.90 bits per heavy atom. The highest BCUT2D eigenvalue weighted by molar-refractivity contribution is 6.30. The van der Waals surface area contributed by atoms with E-state index < -0.39 is 0 Å². The number of nitrogens with zero attached hydrogens (tertiary/aromatic N) is 6. The maximum absolute atomic E-state index is 6.37. The number of halogens is 1. The maximum atomic E-state index is 6.37. The van der Waals surface area contributed by atoms with Crippen molar-refractivity contribution in [3.05, 3.63) is 29.1 Å². The zero-order valence-electron chi connectivity index (χ0n) is 12.5. The summed E-state index contributed by atoms with van der Waals surface area (Å²) >= 11 is 6.37. The molecule has 0 radical (unpaired) electrons. The number of piperidine rings is 1. The Labute approximate surface area is 129 Å². The average Bonchev–Trinajstić information content (AvgIpc) is 3.05. The number of likely N-dealkylation sites (tertiary alicyclic amines) is 1. The second-order valence-corrected chi connectivity index (χ2v) is 6.07. The number of aryl methyl sites for hydroxylation is 2. The summed E-state index contributed by atoms with van der Waals surface area (Å²) in [5.41, 5.74) is 2.16. The fraction of sp³-hybridized carbons (Fsp3) is 0.643. The fourth-order valence-corrected chi connectivity index (χ4v) is 3.31. The van der Waals surface area contributed by atoms with E-state index >= 15 is 0 Å². The summed E-state index contributed by atoms with van der Waals surface area (Å²) in [6.07, 6.45) is 7.08. The molecule has 3 rings (SSSR count). The first-order chi connectivity index (χ1) is 10.1. The molecule has 21 heavy (non-hydrogen) atoms. The number of aromatic nitrogens is 5. The van der Waals surface area contributed by atoms with E-state index in [1.54, 1.807) is 17.3 Å². The van der Waals surface area contributed by atoms with E-state index in [0.29, 0.717) is 6.04 Å². The largest absolute Gasteiger partial charge is 0.294 e. The Morgan fingerprint density at radius 2 is 2.24 bits per heavy atom. The van der Waals surface area contributed by atoms with Crippen LogP contribution in [0.2, 0.25) is 5.15 Å². The third-order valence-electron chi connectivity index (χ3n) is 4.24. The molecule has 114 valence electrons. The number of rotatable bonds is 4. The van der Waals surface area contributed by atoms with Gasteiger partial charge in [0.25, 0.3) is 0 Å². The molecule has 1 saturated heterocycles. The van der Waals surface area contributed by atoms with Crippen LogP contribution in [0.1, 0.15) is 30.5 Å². The van der Waals surface area contributed by atoms with Crippen molar-refractivity contribution in [2.45, 2.75) is 45.3 Å². The Hall–Kier alpha value is -1.40. The summed E-state index contributed by atoms with van der Waals surface area (Å²) < 4.78 is 3.67. The minimum absolute atomic E-state index is 0.483. The van der Waals surface area contributed by atoms with Crippen LogP contribution in [0.5, 0.6) is 0 Å². The van der Waals surface area contributed by atoms with Gasteiger partial charge < -0.3 is 0 Å². The Kier molecular flexibility index (Phi) is 4.26. The van der Waals surface area contributed by atoms with Crippen LogP contribution in [0.3, 0.4) is 0 Å². The van der Waals surface area contributed by atoms with E-state index in [0.717, 1.165) is 36.0 Å². The van der Waals surface area contributed by atoms with E-state index in [4.69, 9.17) is 11.6 Å². The summed E-state index contributed by atoms with van der Waals surface area (Å²) in [6.45, 7) is 4.87. The van der Waals surface area contributed by atoms with Crippen molar-refractivity contribution in [1.82, 2.24) is 29.4 Å². The average molecular weight is 309 g/mol. The third-order valence-corrected chi connectivity index (χ3v) is 4.72. The van der Waals surface area contributed by atoms with E-state index in [2.05, 4.69) is 20.1 Å². The van der Waals surface area contributed by atoms with Gasteiger partial charge in [-0.25, -0.2) is 4.98 Å². The predicted octanol–water partition coefficient (Wildman–Crippen LogP) is 2.03. The molecule has 1 atom stereocenters. The molecule has 2 aromatic rings. The van der Waals surface area contributed by atoms with Gasteiger partial charge in [-0.05, 0) is 26.3 Å². The van der Waals surface area contributed by atoms with Crippen molar-refractivity contribution < 1.29 is 0 Å². The normalized spacial score (nSPS) is 20.0. The summed E-state index contributed by atoms with van der Waals surface area (Å²) in [5.74, 6) is 0. The molecule has 1 aliphatic heterocycles. The maximum Gasteiger partial charge on any atom is 0.137 e. The van der Waals surface area contributed by atoms with E-state index in [1.165, 1.54) is 19.3 Å². The van der Waals surface area contributed by atoms with Gasteiger partial charge >= 0.3 is 0 Å². The molecule has 1 fully saturated rings. The zero-order chi connectivity index (χ0) is 14.8. The molecule has 2 aromatic heterocycles. The lowest BCUT2D eigenvalue weighted by Crippen LogP contribution is -2.41. The second-order valence-electron chi connectivity index (χ2n) is 5.72. The molecular formula is C14H21ClN6. The first-order valence-electron chi connectivity index (χ1n) is 7.39. The van der Waals surface area contributed by atoms with Crippen LogP contribution >= 0.6 is 11.6 Å². The lowest BCUT2D eigenvalue weighted by molar-refractivity contribution is 0.121. The van der Waals surface area contributed by atoms with Crippen molar-refractivity contribution >= 4 is 11.6 Å². The first-order valence-corrected chi connectivity index (χ1v) is 7.77. The van der Waals surface area contributed by atoms with Gasteiger partial charge in [-0.1, -0.05) is 18.0 Å².